The molecule has 0 saturated heterocycles. The van der Waals surface area contributed by atoms with Gasteiger partial charge in [0.15, 0.2) is 0 Å². The molecule has 1 aromatic carbocycles. The number of benzene rings is 1. The molecule has 0 aromatic heterocycles. The molecule has 0 radical (unpaired) electrons. The maximum Gasteiger partial charge on any atom is 0.118 e. The zero-order valence-corrected chi connectivity index (χ0v) is 9.70. The summed E-state index contributed by atoms with van der Waals surface area (Å²) in [6, 6.07) is 8.14. The molecule has 0 aliphatic heterocycles. The lowest BCUT2D eigenvalue weighted by Crippen LogP contribution is -1.81. The number of unbranched alkanes of at least 4 members (excludes halogenated alkanes) is 3. The number of allylic oxidation sites excluding steroid dienone is 1. The molecule has 1 rings (SSSR count). The molecular weight excluding hydrogens is 184 g/mol. The first-order chi connectivity index (χ1) is 7.36. The van der Waals surface area contributed by atoms with Gasteiger partial charge in [-0.3, -0.25) is 0 Å². The summed E-state index contributed by atoms with van der Waals surface area (Å²) in [6.07, 6.45) is 9.51. The predicted octanol–water partition coefficient (Wildman–Crippen LogP) is 4.29. The monoisotopic (exact) mass is 204 g/mol. The van der Waals surface area contributed by atoms with Crippen LogP contribution < -0.4 is 4.74 Å². The fourth-order valence-corrected chi connectivity index (χ4v) is 1.45. The van der Waals surface area contributed by atoms with E-state index in [1.54, 1.807) is 7.11 Å². The first kappa shape index (κ1) is 11.8. The normalized spacial score (nSPS) is 10.8. The second-order valence-electron chi connectivity index (χ2n) is 3.67. The van der Waals surface area contributed by atoms with Crippen LogP contribution in [0.2, 0.25) is 0 Å². The molecule has 0 atom stereocenters. The van der Waals surface area contributed by atoms with Crippen molar-refractivity contribution in [2.45, 2.75) is 32.6 Å². The Hall–Kier alpha value is -1.24. The molecule has 1 heteroatoms. The Bertz CT molecular complexity index is 285. The summed E-state index contributed by atoms with van der Waals surface area (Å²) in [5.74, 6) is 0.915. The van der Waals surface area contributed by atoms with Crippen LogP contribution in [0.4, 0.5) is 0 Å². The van der Waals surface area contributed by atoms with Gasteiger partial charge < -0.3 is 4.74 Å². The zero-order valence-electron chi connectivity index (χ0n) is 9.70. The highest BCUT2D eigenvalue weighted by molar-refractivity contribution is 5.50. The minimum atomic E-state index is 0.915. The Morgan fingerprint density at radius 1 is 1.13 bits per heavy atom. The van der Waals surface area contributed by atoms with Gasteiger partial charge in [0.25, 0.3) is 0 Å². The highest BCUT2D eigenvalue weighted by atomic mass is 16.5. The average molecular weight is 204 g/mol. The summed E-state index contributed by atoms with van der Waals surface area (Å²) in [6.45, 7) is 2.23. The first-order valence-corrected chi connectivity index (χ1v) is 5.67. The minimum absolute atomic E-state index is 0.915. The molecule has 82 valence electrons. The van der Waals surface area contributed by atoms with Crippen molar-refractivity contribution < 1.29 is 4.74 Å². The molecule has 1 nitrogen and oxygen atoms in total. The van der Waals surface area contributed by atoms with Crippen LogP contribution in [-0.4, -0.2) is 7.11 Å². The van der Waals surface area contributed by atoms with Gasteiger partial charge in [-0.2, -0.15) is 0 Å². The molecule has 0 spiro atoms. The summed E-state index contributed by atoms with van der Waals surface area (Å²) >= 11 is 0. The quantitative estimate of drug-likeness (QED) is 0.628. The molecule has 0 unspecified atom stereocenters. The zero-order chi connectivity index (χ0) is 10.9. The average Bonchev–Trinajstić information content (AvgIpc) is 2.30. The summed E-state index contributed by atoms with van der Waals surface area (Å²) in [4.78, 5) is 0. The Morgan fingerprint density at radius 2 is 1.87 bits per heavy atom. The molecule has 0 heterocycles. The van der Waals surface area contributed by atoms with Crippen LogP contribution in [0, 0.1) is 0 Å². The molecular formula is C14H20O. The number of rotatable bonds is 6. The smallest absolute Gasteiger partial charge is 0.118 e. The second-order valence-corrected chi connectivity index (χ2v) is 3.67. The maximum atomic E-state index is 5.10. The van der Waals surface area contributed by atoms with E-state index >= 15 is 0 Å². The number of hydrogen-bond acceptors (Lipinski definition) is 1. The van der Waals surface area contributed by atoms with Gasteiger partial charge in [-0.05, 0) is 30.5 Å². The molecule has 0 fully saturated rings. The van der Waals surface area contributed by atoms with Crippen LogP contribution >= 0.6 is 0 Å². The number of methoxy groups -OCH3 is 1. The van der Waals surface area contributed by atoms with Crippen molar-refractivity contribution in [2.24, 2.45) is 0 Å². The van der Waals surface area contributed by atoms with Crippen molar-refractivity contribution in [3.05, 3.63) is 35.9 Å². The fourth-order valence-electron chi connectivity index (χ4n) is 1.45. The molecule has 0 bridgehead atoms. The number of ether oxygens (including phenoxy) is 1. The third-order valence-corrected chi connectivity index (χ3v) is 2.40. The van der Waals surface area contributed by atoms with Gasteiger partial charge in [0.05, 0.1) is 7.11 Å². The van der Waals surface area contributed by atoms with E-state index in [-0.39, 0.29) is 0 Å². The fraction of sp³-hybridized carbons (Fsp3) is 0.429. The van der Waals surface area contributed by atoms with Crippen molar-refractivity contribution in [1.82, 2.24) is 0 Å². The first-order valence-electron chi connectivity index (χ1n) is 5.67. The second kappa shape index (κ2) is 7.10. The summed E-state index contributed by atoms with van der Waals surface area (Å²) < 4.78 is 5.10. The van der Waals surface area contributed by atoms with Gasteiger partial charge in [0.1, 0.15) is 5.75 Å². The molecule has 0 amide bonds. The Labute approximate surface area is 92.8 Å². The summed E-state index contributed by atoms with van der Waals surface area (Å²) in [7, 11) is 1.69. The Kier molecular flexibility index (Phi) is 5.60. The SMILES string of the molecule is CCCCCC=Cc1ccc(OC)cc1. The molecule has 15 heavy (non-hydrogen) atoms. The number of hydrogen-bond donors (Lipinski definition) is 0. The standard InChI is InChI=1S/C14H20O/c1-3-4-5-6-7-8-13-9-11-14(15-2)12-10-13/h7-12H,3-6H2,1-2H3. The third kappa shape index (κ3) is 4.68. The van der Waals surface area contributed by atoms with Crippen LogP contribution in [-0.2, 0) is 0 Å². The topological polar surface area (TPSA) is 9.23 Å². The van der Waals surface area contributed by atoms with E-state index in [9.17, 15) is 0 Å². The lowest BCUT2D eigenvalue weighted by atomic mass is 10.1. The third-order valence-electron chi connectivity index (χ3n) is 2.40. The van der Waals surface area contributed by atoms with Crippen LogP contribution in [0.15, 0.2) is 30.3 Å². The molecule has 0 saturated carbocycles. The highest BCUT2D eigenvalue weighted by Gasteiger charge is 1.89. The lowest BCUT2D eigenvalue weighted by Gasteiger charge is -1.99. The molecule has 1 aromatic rings. The van der Waals surface area contributed by atoms with Crippen molar-refractivity contribution in [1.29, 1.82) is 0 Å². The van der Waals surface area contributed by atoms with E-state index in [0.717, 1.165) is 5.75 Å². The van der Waals surface area contributed by atoms with E-state index in [2.05, 4.69) is 31.2 Å². The van der Waals surface area contributed by atoms with Gasteiger partial charge in [-0.25, -0.2) is 0 Å². The van der Waals surface area contributed by atoms with Gasteiger partial charge in [0.2, 0.25) is 0 Å². The lowest BCUT2D eigenvalue weighted by molar-refractivity contribution is 0.415. The van der Waals surface area contributed by atoms with Gasteiger partial charge in [0, 0.05) is 0 Å². The van der Waals surface area contributed by atoms with Crippen molar-refractivity contribution in [3.63, 3.8) is 0 Å². The van der Waals surface area contributed by atoms with Crippen molar-refractivity contribution in [3.8, 4) is 5.75 Å². The maximum absolute atomic E-state index is 5.10. The largest absolute Gasteiger partial charge is 0.497 e. The van der Waals surface area contributed by atoms with E-state index in [4.69, 9.17) is 4.74 Å². The predicted molar refractivity (Wildman–Crippen MR) is 66.2 cm³/mol. The van der Waals surface area contributed by atoms with Crippen LogP contribution in [0.25, 0.3) is 6.08 Å². The molecule has 0 N–H and O–H groups in total. The Morgan fingerprint density at radius 3 is 2.47 bits per heavy atom. The van der Waals surface area contributed by atoms with Crippen molar-refractivity contribution in [2.75, 3.05) is 7.11 Å². The van der Waals surface area contributed by atoms with Gasteiger partial charge in [-0.1, -0.05) is 44.1 Å². The van der Waals surface area contributed by atoms with Crippen LogP contribution in [0.1, 0.15) is 38.2 Å². The van der Waals surface area contributed by atoms with E-state index in [0.29, 0.717) is 0 Å². The van der Waals surface area contributed by atoms with Crippen molar-refractivity contribution >= 4 is 6.08 Å². The minimum Gasteiger partial charge on any atom is -0.497 e. The molecule has 0 aliphatic carbocycles. The van der Waals surface area contributed by atoms with E-state index in [1.165, 1.54) is 31.2 Å². The van der Waals surface area contributed by atoms with Crippen LogP contribution in [0.3, 0.4) is 0 Å². The van der Waals surface area contributed by atoms with E-state index in [1.807, 2.05) is 12.1 Å². The summed E-state index contributed by atoms with van der Waals surface area (Å²) in [5.41, 5.74) is 1.24. The highest BCUT2D eigenvalue weighted by Crippen LogP contribution is 2.12. The summed E-state index contributed by atoms with van der Waals surface area (Å²) in [5, 5.41) is 0. The Balaban J connectivity index is 2.36. The van der Waals surface area contributed by atoms with Gasteiger partial charge in [-0.15, -0.1) is 0 Å². The molecule has 0 aliphatic rings. The van der Waals surface area contributed by atoms with Gasteiger partial charge >= 0.3 is 0 Å². The van der Waals surface area contributed by atoms with E-state index < -0.39 is 0 Å². The van der Waals surface area contributed by atoms with Crippen LogP contribution in [0.5, 0.6) is 5.75 Å².